The summed E-state index contributed by atoms with van der Waals surface area (Å²) < 4.78 is 13.8. The third-order valence-corrected chi connectivity index (χ3v) is 4.03. The van der Waals surface area contributed by atoms with Gasteiger partial charge in [-0.25, -0.2) is 9.37 Å². The van der Waals surface area contributed by atoms with Crippen LogP contribution in [0.25, 0.3) is 11.4 Å². The van der Waals surface area contributed by atoms with Crippen LogP contribution < -0.4 is 0 Å². The zero-order chi connectivity index (χ0) is 13.4. The lowest BCUT2D eigenvalue weighted by Crippen LogP contribution is -2.08. The van der Waals surface area contributed by atoms with Gasteiger partial charge in [-0.3, -0.25) is 0 Å². The maximum absolute atomic E-state index is 13.2. The lowest BCUT2D eigenvalue weighted by Gasteiger charge is -2.16. The average Bonchev–Trinajstić information content (AvgIpc) is 2.42. The van der Waals surface area contributed by atoms with E-state index in [0.29, 0.717) is 10.5 Å². The van der Waals surface area contributed by atoms with Crippen LogP contribution in [0.5, 0.6) is 0 Å². The van der Waals surface area contributed by atoms with E-state index in [-0.39, 0.29) is 5.02 Å². The first-order valence-corrected chi connectivity index (χ1v) is 7.01. The molecule has 5 heteroatoms. The molecule has 0 atom stereocenters. The van der Waals surface area contributed by atoms with Crippen molar-refractivity contribution < 1.29 is 4.39 Å². The number of H-pyrrole nitrogens is 1. The number of fused-ring (bicyclic) bond motifs is 1. The monoisotopic (exact) mass is 294 g/mol. The number of halogens is 2. The Morgan fingerprint density at radius 1 is 1.26 bits per heavy atom. The van der Waals surface area contributed by atoms with E-state index >= 15 is 0 Å². The standard InChI is InChI=1S/C14H12ClFN2S/c15-10-7-8(5-6-11(10)16)13-17-12-4-2-1-3-9(12)14(19)18-13/h5-7H,1-4H2,(H,17,18,19). The van der Waals surface area contributed by atoms with Crippen LogP contribution >= 0.6 is 23.8 Å². The van der Waals surface area contributed by atoms with Gasteiger partial charge in [-0.15, -0.1) is 0 Å². The number of nitrogens with zero attached hydrogens (tertiary/aromatic N) is 1. The van der Waals surface area contributed by atoms with E-state index in [1.807, 2.05) is 0 Å². The predicted octanol–water partition coefficient (Wildman–Crippen LogP) is 4.48. The van der Waals surface area contributed by atoms with Gasteiger partial charge in [0.15, 0.2) is 0 Å². The normalized spacial score (nSPS) is 14.2. The molecule has 1 aliphatic rings. The lowest BCUT2D eigenvalue weighted by molar-refractivity contribution is 0.628. The van der Waals surface area contributed by atoms with Gasteiger partial charge in [-0.05, 0) is 43.9 Å². The van der Waals surface area contributed by atoms with E-state index < -0.39 is 5.82 Å². The molecule has 0 radical (unpaired) electrons. The van der Waals surface area contributed by atoms with E-state index in [1.54, 1.807) is 12.1 Å². The second-order valence-electron chi connectivity index (χ2n) is 4.68. The Labute approximate surface area is 120 Å². The summed E-state index contributed by atoms with van der Waals surface area (Å²) in [5.41, 5.74) is 3.06. The quantitative estimate of drug-likeness (QED) is 0.786. The Bertz CT molecular complexity index is 696. The summed E-state index contributed by atoms with van der Waals surface area (Å²) in [6.45, 7) is 0. The van der Waals surface area contributed by atoms with Gasteiger partial charge in [0.2, 0.25) is 0 Å². The number of nitrogens with one attached hydrogen (secondary N) is 1. The Morgan fingerprint density at radius 2 is 2.05 bits per heavy atom. The minimum absolute atomic E-state index is 0.0938. The van der Waals surface area contributed by atoms with E-state index in [2.05, 4.69) is 9.97 Å². The Kier molecular flexibility index (Phi) is 3.37. The highest BCUT2D eigenvalue weighted by atomic mass is 35.5. The number of rotatable bonds is 1. The number of hydrogen-bond donors (Lipinski definition) is 1. The molecule has 1 aliphatic carbocycles. The number of aromatic nitrogens is 2. The fraction of sp³-hybridized carbons (Fsp3) is 0.286. The van der Waals surface area contributed by atoms with Crippen LogP contribution in [0.4, 0.5) is 4.39 Å². The second kappa shape index (κ2) is 5.02. The molecule has 2 aromatic rings. The van der Waals surface area contributed by atoms with Crippen LogP contribution in [-0.2, 0) is 12.8 Å². The Balaban J connectivity index is 2.12. The molecule has 1 N–H and O–H groups in total. The molecule has 1 aromatic carbocycles. The Hall–Kier alpha value is -1.26. The van der Waals surface area contributed by atoms with Gasteiger partial charge < -0.3 is 4.98 Å². The molecule has 0 saturated carbocycles. The van der Waals surface area contributed by atoms with Gasteiger partial charge in [-0.1, -0.05) is 23.8 Å². The van der Waals surface area contributed by atoms with Crippen LogP contribution in [0.2, 0.25) is 5.02 Å². The summed E-state index contributed by atoms with van der Waals surface area (Å²) in [5.74, 6) is 0.231. The number of hydrogen-bond acceptors (Lipinski definition) is 2. The molecular weight excluding hydrogens is 283 g/mol. The molecule has 1 heterocycles. The van der Waals surface area contributed by atoms with Crippen LogP contribution in [0, 0.1) is 10.5 Å². The summed E-state index contributed by atoms with van der Waals surface area (Å²) in [7, 11) is 0. The summed E-state index contributed by atoms with van der Waals surface area (Å²) in [4.78, 5) is 7.72. The predicted molar refractivity (Wildman–Crippen MR) is 76.5 cm³/mol. The van der Waals surface area contributed by atoms with E-state index in [0.717, 1.165) is 42.5 Å². The largest absolute Gasteiger partial charge is 0.343 e. The minimum Gasteiger partial charge on any atom is -0.343 e. The molecule has 1 aromatic heterocycles. The van der Waals surface area contributed by atoms with Gasteiger partial charge in [0, 0.05) is 16.8 Å². The van der Waals surface area contributed by atoms with Crippen molar-refractivity contribution in [1.29, 1.82) is 0 Å². The highest BCUT2D eigenvalue weighted by molar-refractivity contribution is 7.71. The van der Waals surface area contributed by atoms with Crippen molar-refractivity contribution in [2.45, 2.75) is 25.7 Å². The van der Waals surface area contributed by atoms with Crippen molar-refractivity contribution in [1.82, 2.24) is 9.97 Å². The van der Waals surface area contributed by atoms with Crippen LogP contribution in [0.1, 0.15) is 24.1 Å². The third-order valence-electron chi connectivity index (χ3n) is 3.40. The van der Waals surface area contributed by atoms with Crippen molar-refractivity contribution in [2.75, 3.05) is 0 Å². The third kappa shape index (κ3) is 2.42. The van der Waals surface area contributed by atoms with Crippen LogP contribution in [-0.4, -0.2) is 9.97 Å². The fourth-order valence-electron chi connectivity index (χ4n) is 2.40. The van der Waals surface area contributed by atoms with Crippen molar-refractivity contribution in [3.63, 3.8) is 0 Å². The van der Waals surface area contributed by atoms with Gasteiger partial charge >= 0.3 is 0 Å². The molecule has 0 bridgehead atoms. The SMILES string of the molecule is Fc1ccc(-c2nc(=S)c3c([nH]2)CCCC3)cc1Cl. The van der Waals surface area contributed by atoms with Crippen LogP contribution in [0.3, 0.4) is 0 Å². The maximum Gasteiger partial charge on any atom is 0.141 e. The molecule has 19 heavy (non-hydrogen) atoms. The molecule has 0 spiro atoms. The molecule has 0 unspecified atom stereocenters. The lowest BCUT2D eigenvalue weighted by atomic mass is 9.97. The van der Waals surface area contributed by atoms with Crippen molar-refractivity contribution in [3.05, 3.63) is 44.9 Å². The highest BCUT2D eigenvalue weighted by Crippen LogP contribution is 2.26. The highest BCUT2D eigenvalue weighted by Gasteiger charge is 2.14. The zero-order valence-electron chi connectivity index (χ0n) is 10.2. The summed E-state index contributed by atoms with van der Waals surface area (Å²) >= 11 is 11.2. The second-order valence-corrected chi connectivity index (χ2v) is 5.48. The first-order chi connectivity index (χ1) is 9.15. The van der Waals surface area contributed by atoms with Crippen LogP contribution in [0.15, 0.2) is 18.2 Å². The van der Waals surface area contributed by atoms with Gasteiger partial charge in [0.05, 0.1) is 5.02 Å². The van der Waals surface area contributed by atoms with E-state index in [9.17, 15) is 4.39 Å². The molecule has 0 saturated heterocycles. The van der Waals surface area contributed by atoms with Crippen molar-refractivity contribution in [3.8, 4) is 11.4 Å². The molecular formula is C14H12ClFN2S. The van der Waals surface area contributed by atoms with E-state index in [1.165, 1.54) is 6.07 Å². The summed E-state index contributed by atoms with van der Waals surface area (Å²) in [6, 6.07) is 4.57. The smallest absolute Gasteiger partial charge is 0.141 e. The summed E-state index contributed by atoms with van der Waals surface area (Å²) in [6.07, 6.45) is 4.30. The number of benzene rings is 1. The molecule has 0 amide bonds. The molecule has 0 fully saturated rings. The average molecular weight is 295 g/mol. The number of aromatic amines is 1. The van der Waals surface area contributed by atoms with Gasteiger partial charge in [0.1, 0.15) is 16.3 Å². The van der Waals surface area contributed by atoms with Gasteiger partial charge in [-0.2, -0.15) is 0 Å². The fourth-order valence-corrected chi connectivity index (χ4v) is 2.90. The van der Waals surface area contributed by atoms with Crippen molar-refractivity contribution >= 4 is 23.8 Å². The van der Waals surface area contributed by atoms with Gasteiger partial charge in [0.25, 0.3) is 0 Å². The molecule has 3 rings (SSSR count). The number of aryl methyl sites for hydroxylation is 1. The molecule has 0 aliphatic heterocycles. The van der Waals surface area contributed by atoms with E-state index in [4.69, 9.17) is 23.8 Å². The van der Waals surface area contributed by atoms with Crippen molar-refractivity contribution in [2.24, 2.45) is 0 Å². The molecule has 98 valence electrons. The minimum atomic E-state index is -0.429. The zero-order valence-corrected chi connectivity index (χ0v) is 11.7. The summed E-state index contributed by atoms with van der Waals surface area (Å²) in [5, 5.41) is 0.0938. The Morgan fingerprint density at radius 3 is 2.84 bits per heavy atom. The molecule has 2 nitrogen and oxygen atoms in total. The maximum atomic E-state index is 13.2. The first-order valence-electron chi connectivity index (χ1n) is 6.22. The topological polar surface area (TPSA) is 28.7 Å². The first kappa shape index (κ1) is 12.8.